The Morgan fingerprint density at radius 3 is 2.63 bits per heavy atom. The van der Waals surface area contributed by atoms with Crippen LogP contribution in [0.25, 0.3) is 0 Å². The number of hydrogen-bond donors (Lipinski definition) is 2. The van der Waals surface area contributed by atoms with Gasteiger partial charge in [0.15, 0.2) is 0 Å². The number of benzene rings is 2. The van der Waals surface area contributed by atoms with Gasteiger partial charge in [0.1, 0.15) is 5.84 Å². The van der Waals surface area contributed by atoms with Crippen LogP contribution in [0, 0.1) is 0 Å². The summed E-state index contributed by atoms with van der Waals surface area (Å²) in [6.07, 6.45) is 2.51. The zero-order valence-electron chi connectivity index (χ0n) is 15.5. The number of aliphatic imine (C=N–C) groups is 1. The van der Waals surface area contributed by atoms with Gasteiger partial charge < -0.3 is 15.1 Å². The Balaban J connectivity index is 1.55. The molecule has 0 unspecified atom stereocenters. The summed E-state index contributed by atoms with van der Waals surface area (Å²) in [5.74, 6) is 0.779. The Hall–Kier alpha value is -1.69. The molecule has 2 bridgehead atoms. The average Bonchev–Trinajstić information content (AvgIpc) is 3.01. The van der Waals surface area contributed by atoms with Gasteiger partial charge in [-0.15, -0.1) is 12.6 Å². The summed E-state index contributed by atoms with van der Waals surface area (Å²) >= 11 is 10.9. The first kappa shape index (κ1) is 18.7. The second kappa shape index (κ2) is 8.13. The fourth-order valence-electron chi connectivity index (χ4n) is 4.05. The summed E-state index contributed by atoms with van der Waals surface area (Å²) < 4.78 is 0. The Kier molecular flexibility index (Phi) is 5.62. The number of piperidine rings is 1. The van der Waals surface area contributed by atoms with E-state index in [0.717, 1.165) is 35.1 Å². The lowest BCUT2D eigenvalue weighted by Gasteiger charge is -2.33. The molecular weight excluding hydrogens is 376 g/mol. The highest BCUT2D eigenvalue weighted by atomic mass is 35.5. The maximum Gasteiger partial charge on any atom is 0.132 e. The Labute approximate surface area is 171 Å². The van der Waals surface area contributed by atoms with E-state index in [1.807, 2.05) is 24.3 Å². The van der Waals surface area contributed by atoms with E-state index in [2.05, 4.69) is 38.3 Å². The van der Waals surface area contributed by atoms with Gasteiger partial charge in [-0.25, -0.2) is 0 Å². The van der Waals surface area contributed by atoms with E-state index in [9.17, 15) is 0 Å². The molecule has 142 valence electrons. The van der Waals surface area contributed by atoms with Gasteiger partial charge in [0.2, 0.25) is 0 Å². The van der Waals surface area contributed by atoms with E-state index in [0.29, 0.717) is 11.1 Å². The summed E-state index contributed by atoms with van der Waals surface area (Å²) in [7, 11) is 1.78. The van der Waals surface area contributed by atoms with E-state index in [1.54, 1.807) is 7.05 Å². The molecule has 0 spiro atoms. The Morgan fingerprint density at radius 2 is 1.93 bits per heavy atom. The SMILES string of the molecule is CN=C(Nc1ccc(N2CCN3CCC2CC3)cc1S)c1cccc(Cl)c1. The van der Waals surface area contributed by atoms with E-state index in [-0.39, 0.29) is 0 Å². The third-order valence-electron chi connectivity index (χ3n) is 5.54. The van der Waals surface area contributed by atoms with Gasteiger partial charge in [0.25, 0.3) is 0 Å². The number of thiol groups is 1. The molecule has 0 amide bonds. The molecule has 3 fully saturated rings. The van der Waals surface area contributed by atoms with Crippen molar-refractivity contribution in [1.29, 1.82) is 0 Å². The van der Waals surface area contributed by atoms with Crippen LogP contribution in [0.15, 0.2) is 52.4 Å². The molecule has 0 aromatic heterocycles. The van der Waals surface area contributed by atoms with Crippen LogP contribution in [0.3, 0.4) is 0 Å². The summed E-state index contributed by atoms with van der Waals surface area (Å²) in [5.41, 5.74) is 3.17. The number of nitrogens with zero attached hydrogens (tertiary/aromatic N) is 3. The first-order valence-electron chi connectivity index (χ1n) is 9.46. The highest BCUT2D eigenvalue weighted by molar-refractivity contribution is 7.80. The van der Waals surface area contributed by atoms with E-state index < -0.39 is 0 Å². The zero-order chi connectivity index (χ0) is 18.8. The normalized spacial score (nSPS) is 22.6. The number of halogens is 1. The standard InChI is InChI=1S/C21H25ClN4S/c1-23-21(15-3-2-4-16(22)13-15)24-19-6-5-18(14-20(19)27)26-12-11-25-9-7-17(26)8-10-25/h2-6,13-14,17,27H,7-12H2,1H3,(H,23,24). The molecule has 0 atom stereocenters. The second-order valence-corrected chi connectivity index (χ2v) is 8.09. The van der Waals surface area contributed by atoms with Crippen LogP contribution in [0.5, 0.6) is 0 Å². The van der Waals surface area contributed by atoms with Gasteiger partial charge in [-0.1, -0.05) is 23.7 Å². The number of anilines is 2. The minimum absolute atomic E-state index is 0.648. The van der Waals surface area contributed by atoms with Gasteiger partial charge >= 0.3 is 0 Å². The van der Waals surface area contributed by atoms with E-state index in [1.165, 1.54) is 31.6 Å². The third-order valence-corrected chi connectivity index (χ3v) is 6.15. The van der Waals surface area contributed by atoms with Crippen LogP contribution in [0.1, 0.15) is 18.4 Å². The average molecular weight is 401 g/mol. The first-order chi connectivity index (χ1) is 13.1. The highest BCUT2D eigenvalue weighted by Crippen LogP contribution is 2.31. The van der Waals surface area contributed by atoms with Crippen molar-refractivity contribution in [3.8, 4) is 0 Å². The number of hydrogen-bond acceptors (Lipinski definition) is 4. The molecule has 3 aliphatic heterocycles. The van der Waals surface area contributed by atoms with Crippen molar-refractivity contribution in [2.75, 3.05) is 43.4 Å². The minimum atomic E-state index is 0.648. The molecule has 4 nitrogen and oxygen atoms in total. The molecule has 3 saturated heterocycles. The Morgan fingerprint density at radius 1 is 1.11 bits per heavy atom. The van der Waals surface area contributed by atoms with Crippen LogP contribution in [0.2, 0.25) is 5.02 Å². The van der Waals surface area contributed by atoms with E-state index in [4.69, 9.17) is 24.2 Å². The molecule has 27 heavy (non-hydrogen) atoms. The molecule has 1 N–H and O–H groups in total. The lowest BCUT2D eigenvalue weighted by Crippen LogP contribution is -2.37. The second-order valence-electron chi connectivity index (χ2n) is 7.18. The predicted octanol–water partition coefficient (Wildman–Crippen LogP) is 4.40. The molecule has 3 heterocycles. The molecule has 0 radical (unpaired) electrons. The van der Waals surface area contributed by atoms with Crippen molar-refractivity contribution in [3.63, 3.8) is 0 Å². The summed E-state index contributed by atoms with van der Waals surface area (Å²) in [4.78, 5) is 10.4. The molecular formula is C21H25ClN4S. The summed E-state index contributed by atoms with van der Waals surface area (Å²) in [6, 6.07) is 14.8. The molecule has 0 saturated carbocycles. The zero-order valence-corrected chi connectivity index (χ0v) is 17.2. The number of nitrogens with one attached hydrogen (secondary N) is 1. The molecule has 3 aliphatic rings. The Bertz CT molecular complexity index is 846. The van der Waals surface area contributed by atoms with Crippen molar-refractivity contribution in [2.24, 2.45) is 4.99 Å². The van der Waals surface area contributed by atoms with Crippen molar-refractivity contribution in [3.05, 3.63) is 53.1 Å². The largest absolute Gasteiger partial charge is 0.367 e. The molecule has 2 aromatic carbocycles. The lowest BCUT2D eigenvalue weighted by atomic mass is 10.0. The summed E-state index contributed by atoms with van der Waals surface area (Å²) in [5, 5.41) is 4.10. The lowest BCUT2D eigenvalue weighted by molar-refractivity contribution is 0.250. The van der Waals surface area contributed by atoms with Crippen LogP contribution in [-0.4, -0.2) is 50.0 Å². The third kappa shape index (κ3) is 4.10. The quantitative estimate of drug-likeness (QED) is 0.454. The van der Waals surface area contributed by atoms with Gasteiger partial charge in [0.05, 0.1) is 5.69 Å². The topological polar surface area (TPSA) is 30.9 Å². The number of amidine groups is 1. The van der Waals surface area contributed by atoms with Gasteiger partial charge in [0, 0.05) is 60.4 Å². The fraction of sp³-hybridized carbons (Fsp3) is 0.381. The van der Waals surface area contributed by atoms with Gasteiger partial charge in [-0.05, 0) is 43.2 Å². The predicted molar refractivity (Wildman–Crippen MR) is 118 cm³/mol. The first-order valence-corrected chi connectivity index (χ1v) is 10.3. The molecule has 0 aliphatic carbocycles. The van der Waals surface area contributed by atoms with E-state index >= 15 is 0 Å². The van der Waals surface area contributed by atoms with Crippen LogP contribution in [-0.2, 0) is 0 Å². The monoisotopic (exact) mass is 400 g/mol. The number of fused-ring (bicyclic) bond motifs is 4. The fourth-order valence-corrected chi connectivity index (χ4v) is 4.50. The van der Waals surface area contributed by atoms with Crippen LogP contribution < -0.4 is 10.2 Å². The smallest absolute Gasteiger partial charge is 0.132 e. The van der Waals surface area contributed by atoms with Crippen LogP contribution >= 0.6 is 24.2 Å². The molecule has 6 heteroatoms. The highest BCUT2D eigenvalue weighted by Gasteiger charge is 2.29. The molecule has 5 rings (SSSR count). The van der Waals surface area contributed by atoms with Crippen molar-refractivity contribution in [2.45, 2.75) is 23.8 Å². The van der Waals surface area contributed by atoms with Crippen molar-refractivity contribution in [1.82, 2.24) is 4.90 Å². The van der Waals surface area contributed by atoms with Gasteiger partial charge in [-0.2, -0.15) is 0 Å². The molecule has 2 aromatic rings. The van der Waals surface area contributed by atoms with Crippen molar-refractivity contribution < 1.29 is 0 Å². The van der Waals surface area contributed by atoms with Gasteiger partial charge in [-0.3, -0.25) is 4.99 Å². The minimum Gasteiger partial charge on any atom is -0.367 e. The maximum absolute atomic E-state index is 6.12. The van der Waals surface area contributed by atoms with Crippen LogP contribution in [0.4, 0.5) is 11.4 Å². The number of rotatable bonds is 3. The summed E-state index contributed by atoms with van der Waals surface area (Å²) in [6.45, 7) is 4.70. The van der Waals surface area contributed by atoms with Crippen molar-refractivity contribution >= 4 is 41.4 Å². The maximum atomic E-state index is 6.12.